The van der Waals surface area contributed by atoms with Crippen LogP contribution in [0.5, 0.6) is 5.75 Å². The lowest BCUT2D eigenvalue weighted by molar-refractivity contribution is 0.111. The Labute approximate surface area is 129 Å². The number of rotatable bonds is 1. The van der Waals surface area contributed by atoms with Crippen molar-refractivity contribution < 1.29 is 14.7 Å². The van der Waals surface area contributed by atoms with Crippen molar-refractivity contribution in [3.63, 3.8) is 0 Å². The zero-order valence-corrected chi connectivity index (χ0v) is 12.8. The van der Waals surface area contributed by atoms with Gasteiger partial charge in [-0.2, -0.15) is 0 Å². The molecule has 2 heterocycles. The van der Waals surface area contributed by atoms with Crippen LogP contribution >= 0.6 is 0 Å². The average molecular weight is 303 g/mol. The summed E-state index contributed by atoms with van der Waals surface area (Å²) in [5.41, 5.74) is 2.19. The molecule has 0 saturated carbocycles. The number of phenols is 1. The molecule has 6 heteroatoms. The average Bonchev–Trinajstić information content (AvgIpc) is 2.54. The van der Waals surface area contributed by atoms with Gasteiger partial charge in [0.2, 0.25) is 0 Å². The number of aromatic hydroxyl groups is 1. The van der Waals surface area contributed by atoms with Crippen molar-refractivity contribution in [2.75, 3.05) is 39.8 Å². The molecular weight excluding hydrogens is 282 g/mol. The Bertz CT molecular complexity index is 595. The number of likely N-dealkylation sites (N-methyl/N-ethyl adjacent to an activating group) is 1. The Kier molecular flexibility index (Phi) is 4.02. The summed E-state index contributed by atoms with van der Waals surface area (Å²) in [6.45, 7) is 4.41. The third-order valence-corrected chi connectivity index (χ3v) is 4.59. The Morgan fingerprint density at radius 1 is 1.14 bits per heavy atom. The first-order valence-corrected chi connectivity index (χ1v) is 7.61. The number of carbonyl (C=O) groups is 2. The van der Waals surface area contributed by atoms with Gasteiger partial charge in [-0.1, -0.05) is 6.07 Å². The highest BCUT2D eigenvalue weighted by molar-refractivity contribution is 5.83. The second-order valence-electron chi connectivity index (χ2n) is 6.00. The minimum absolute atomic E-state index is 0.0209. The van der Waals surface area contributed by atoms with Crippen molar-refractivity contribution in [2.24, 2.45) is 0 Å². The van der Waals surface area contributed by atoms with Crippen LogP contribution < -0.4 is 0 Å². The van der Waals surface area contributed by atoms with E-state index in [-0.39, 0.29) is 11.8 Å². The van der Waals surface area contributed by atoms with Gasteiger partial charge in [-0.05, 0) is 30.7 Å². The second-order valence-corrected chi connectivity index (χ2v) is 6.00. The van der Waals surface area contributed by atoms with E-state index in [1.165, 1.54) is 6.07 Å². The summed E-state index contributed by atoms with van der Waals surface area (Å²) in [6.07, 6.45) is 1.31. The number of carbonyl (C=O) groups excluding carboxylic acids is 2. The Hall–Kier alpha value is -2.08. The largest absolute Gasteiger partial charge is 0.507 e. The van der Waals surface area contributed by atoms with Crippen molar-refractivity contribution in [1.29, 1.82) is 0 Å². The van der Waals surface area contributed by atoms with E-state index in [1.54, 1.807) is 6.07 Å². The molecule has 2 aliphatic rings. The third kappa shape index (κ3) is 2.66. The van der Waals surface area contributed by atoms with Gasteiger partial charge in [-0.15, -0.1) is 0 Å². The predicted octanol–water partition coefficient (Wildman–Crippen LogP) is 0.930. The summed E-state index contributed by atoms with van der Waals surface area (Å²) in [6, 6.07) is 3.41. The number of phenolic OH excluding ortho intramolecular Hbond substituents is 1. The molecule has 2 aliphatic heterocycles. The number of urea groups is 1. The van der Waals surface area contributed by atoms with Gasteiger partial charge in [-0.3, -0.25) is 4.79 Å². The van der Waals surface area contributed by atoms with E-state index < -0.39 is 0 Å². The Balaban J connectivity index is 1.74. The number of benzene rings is 1. The fraction of sp³-hybridized carbons (Fsp3) is 0.500. The molecule has 3 rings (SSSR count). The maximum atomic E-state index is 12.6. The minimum Gasteiger partial charge on any atom is -0.507 e. The fourth-order valence-electron chi connectivity index (χ4n) is 3.16. The molecule has 0 bridgehead atoms. The second kappa shape index (κ2) is 5.96. The van der Waals surface area contributed by atoms with Gasteiger partial charge in [0.15, 0.2) is 6.29 Å². The van der Waals surface area contributed by atoms with E-state index in [0.29, 0.717) is 31.4 Å². The summed E-state index contributed by atoms with van der Waals surface area (Å²) in [5.74, 6) is 0.0209. The normalized spacial score (nSPS) is 19.0. The molecule has 1 aromatic carbocycles. The van der Waals surface area contributed by atoms with Gasteiger partial charge < -0.3 is 19.8 Å². The van der Waals surface area contributed by atoms with Gasteiger partial charge in [0.05, 0.1) is 5.56 Å². The Morgan fingerprint density at radius 3 is 2.55 bits per heavy atom. The first-order chi connectivity index (χ1) is 10.6. The van der Waals surface area contributed by atoms with Crippen molar-refractivity contribution in [2.45, 2.75) is 13.0 Å². The van der Waals surface area contributed by atoms with Gasteiger partial charge in [-0.25, -0.2) is 4.79 Å². The van der Waals surface area contributed by atoms with Crippen LogP contribution in [0.25, 0.3) is 0 Å². The third-order valence-electron chi connectivity index (χ3n) is 4.59. The van der Waals surface area contributed by atoms with E-state index in [0.717, 1.165) is 37.3 Å². The molecule has 1 fully saturated rings. The van der Waals surface area contributed by atoms with Crippen LogP contribution in [0.4, 0.5) is 4.79 Å². The molecular formula is C16H21N3O3. The summed E-state index contributed by atoms with van der Waals surface area (Å²) < 4.78 is 0. The van der Waals surface area contributed by atoms with Gasteiger partial charge >= 0.3 is 6.03 Å². The quantitative estimate of drug-likeness (QED) is 0.784. The SMILES string of the molecule is CN1CCN(C(=O)N2CCc3c(ccc(O)c3C=O)C2)CC1. The lowest BCUT2D eigenvalue weighted by atomic mass is 9.94. The van der Waals surface area contributed by atoms with Crippen LogP contribution in [0.2, 0.25) is 0 Å². The highest BCUT2D eigenvalue weighted by atomic mass is 16.3. The topological polar surface area (TPSA) is 64.1 Å². The monoisotopic (exact) mass is 303 g/mol. The van der Waals surface area contributed by atoms with Crippen LogP contribution in [0.15, 0.2) is 12.1 Å². The van der Waals surface area contributed by atoms with Crippen molar-refractivity contribution in [1.82, 2.24) is 14.7 Å². The number of aldehydes is 1. The number of amides is 2. The number of fused-ring (bicyclic) bond motifs is 1. The van der Waals surface area contributed by atoms with Crippen LogP contribution in [0.1, 0.15) is 21.5 Å². The van der Waals surface area contributed by atoms with Crippen molar-refractivity contribution >= 4 is 12.3 Å². The first kappa shape index (κ1) is 14.8. The molecule has 0 unspecified atom stereocenters. The van der Waals surface area contributed by atoms with Crippen LogP contribution in [0, 0.1) is 0 Å². The number of hydrogen-bond acceptors (Lipinski definition) is 4. The predicted molar refractivity (Wildman–Crippen MR) is 82.1 cm³/mol. The maximum absolute atomic E-state index is 12.6. The number of piperazine rings is 1. The van der Waals surface area contributed by atoms with Gasteiger partial charge in [0.1, 0.15) is 5.75 Å². The van der Waals surface area contributed by atoms with E-state index in [4.69, 9.17) is 0 Å². The molecule has 1 saturated heterocycles. The molecule has 1 N–H and O–H groups in total. The number of hydrogen-bond donors (Lipinski definition) is 1. The molecule has 0 aliphatic carbocycles. The van der Waals surface area contributed by atoms with Crippen molar-refractivity contribution in [3.8, 4) is 5.75 Å². The molecule has 0 aromatic heterocycles. The van der Waals surface area contributed by atoms with Crippen molar-refractivity contribution in [3.05, 3.63) is 28.8 Å². The van der Waals surface area contributed by atoms with Crippen LogP contribution in [-0.2, 0) is 13.0 Å². The molecule has 1 aromatic rings. The lowest BCUT2D eigenvalue weighted by Crippen LogP contribution is -2.52. The fourth-order valence-corrected chi connectivity index (χ4v) is 3.16. The summed E-state index contributed by atoms with van der Waals surface area (Å²) >= 11 is 0. The summed E-state index contributed by atoms with van der Waals surface area (Å²) in [7, 11) is 2.06. The number of nitrogens with zero attached hydrogens (tertiary/aromatic N) is 3. The maximum Gasteiger partial charge on any atom is 0.320 e. The highest BCUT2D eigenvalue weighted by Crippen LogP contribution is 2.28. The van der Waals surface area contributed by atoms with Gasteiger partial charge in [0, 0.05) is 39.3 Å². The van der Waals surface area contributed by atoms with E-state index in [1.807, 2.05) is 9.80 Å². The zero-order chi connectivity index (χ0) is 15.7. The van der Waals surface area contributed by atoms with Gasteiger partial charge in [0.25, 0.3) is 0 Å². The summed E-state index contributed by atoms with van der Waals surface area (Å²) in [4.78, 5) is 29.7. The zero-order valence-electron chi connectivity index (χ0n) is 12.8. The molecule has 0 atom stereocenters. The molecule has 118 valence electrons. The molecule has 0 radical (unpaired) electrons. The smallest absolute Gasteiger partial charge is 0.320 e. The van der Waals surface area contributed by atoms with Crippen LogP contribution in [0.3, 0.4) is 0 Å². The standard InChI is InChI=1S/C16H21N3O3/c1-17-6-8-18(9-7-17)16(22)19-5-4-13-12(10-19)2-3-15(21)14(13)11-20/h2-3,11,21H,4-10H2,1H3. The van der Waals surface area contributed by atoms with E-state index in [9.17, 15) is 14.7 Å². The molecule has 6 nitrogen and oxygen atoms in total. The lowest BCUT2D eigenvalue weighted by Gasteiger charge is -2.38. The minimum atomic E-state index is 0.0209. The summed E-state index contributed by atoms with van der Waals surface area (Å²) in [5, 5.41) is 9.75. The first-order valence-electron chi connectivity index (χ1n) is 7.61. The molecule has 0 spiro atoms. The van der Waals surface area contributed by atoms with Crippen LogP contribution in [-0.4, -0.2) is 71.9 Å². The molecule has 22 heavy (non-hydrogen) atoms. The molecule has 2 amide bonds. The van der Waals surface area contributed by atoms with E-state index in [2.05, 4.69) is 11.9 Å². The Morgan fingerprint density at radius 2 is 1.86 bits per heavy atom. The van der Waals surface area contributed by atoms with E-state index >= 15 is 0 Å². The highest BCUT2D eigenvalue weighted by Gasteiger charge is 2.28.